The maximum Gasteiger partial charge on any atom is 0.125 e. The van der Waals surface area contributed by atoms with Gasteiger partial charge in [0, 0.05) is 5.56 Å². The summed E-state index contributed by atoms with van der Waals surface area (Å²) in [5, 5.41) is 11.4. The second-order valence-corrected chi connectivity index (χ2v) is 10.5. The van der Waals surface area contributed by atoms with Gasteiger partial charge in [0.1, 0.15) is 11.5 Å². The summed E-state index contributed by atoms with van der Waals surface area (Å²) in [6.07, 6.45) is 15.4. The topological polar surface area (TPSA) is 38.7 Å². The zero-order valence-corrected chi connectivity index (χ0v) is 24.4. The molecule has 0 aromatic heterocycles. The second kappa shape index (κ2) is 15.2. The molecule has 1 aromatic rings. The molecule has 0 amide bonds. The van der Waals surface area contributed by atoms with Crippen LogP contribution in [-0.2, 0) is 6.42 Å². The minimum Gasteiger partial charge on any atom is -0.496 e. The summed E-state index contributed by atoms with van der Waals surface area (Å²) in [6.45, 7) is 17.1. The fourth-order valence-electron chi connectivity index (χ4n) is 4.80. The van der Waals surface area contributed by atoms with Crippen molar-refractivity contribution in [1.82, 2.24) is 0 Å². The van der Waals surface area contributed by atoms with Crippen molar-refractivity contribution in [2.24, 2.45) is 0 Å². The van der Waals surface area contributed by atoms with Crippen LogP contribution in [0.25, 0.3) is 0 Å². The van der Waals surface area contributed by atoms with Crippen LogP contribution in [0.4, 0.5) is 0 Å². The molecule has 0 heterocycles. The highest BCUT2D eigenvalue weighted by atomic mass is 16.5. The minimum absolute atomic E-state index is 0.679. The van der Waals surface area contributed by atoms with E-state index in [4.69, 9.17) is 9.47 Å². The van der Waals surface area contributed by atoms with Gasteiger partial charge in [-0.05, 0) is 123 Å². The SMILES string of the molecule is CCC(O)(CC/C=C(\C)CC/C=C(\C)CCC=C(C)C)CCc1c(C)c(OC)c(C)c(C)c1OC. The Balaban J connectivity index is 2.72. The molecule has 198 valence electrons. The largest absolute Gasteiger partial charge is 0.496 e. The average molecular weight is 485 g/mol. The number of ether oxygens (including phenoxy) is 2. The summed E-state index contributed by atoms with van der Waals surface area (Å²) >= 11 is 0. The van der Waals surface area contributed by atoms with Crippen LogP contribution in [0.3, 0.4) is 0 Å². The molecular weight excluding hydrogens is 432 g/mol. The zero-order valence-electron chi connectivity index (χ0n) is 24.4. The van der Waals surface area contributed by atoms with Gasteiger partial charge in [-0.2, -0.15) is 0 Å². The van der Waals surface area contributed by atoms with E-state index in [1.54, 1.807) is 14.2 Å². The zero-order chi connectivity index (χ0) is 26.6. The van der Waals surface area contributed by atoms with Crippen molar-refractivity contribution >= 4 is 0 Å². The van der Waals surface area contributed by atoms with E-state index in [1.807, 2.05) is 0 Å². The Labute approximate surface area is 216 Å². The summed E-state index contributed by atoms with van der Waals surface area (Å²) in [7, 11) is 3.46. The molecule has 0 aliphatic rings. The van der Waals surface area contributed by atoms with Crippen molar-refractivity contribution in [1.29, 1.82) is 0 Å². The normalized spacial score (nSPS) is 14.0. The highest BCUT2D eigenvalue weighted by Crippen LogP contribution is 2.39. The van der Waals surface area contributed by atoms with Crippen LogP contribution in [-0.4, -0.2) is 24.9 Å². The lowest BCUT2D eigenvalue weighted by molar-refractivity contribution is 0.0199. The van der Waals surface area contributed by atoms with Crippen LogP contribution in [0.15, 0.2) is 34.9 Å². The van der Waals surface area contributed by atoms with Gasteiger partial charge in [-0.15, -0.1) is 0 Å². The van der Waals surface area contributed by atoms with Crippen molar-refractivity contribution in [2.45, 2.75) is 119 Å². The van der Waals surface area contributed by atoms with Crippen LogP contribution in [0.5, 0.6) is 11.5 Å². The van der Waals surface area contributed by atoms with E-state index in [-0.39, 0.29) is 0 Å². The number of methoxy groups -OCH3 is 2. The lowest BCUT2D eigenvalue weighted by Crippen LogP contribution is -2.28. The maximum atomic E-state index is 11.4. The van der Waals surface area contributed by atoms with Gasteiger partial charge >= 0.3 is 0 Å². The molecule has 0 saturated heterocycles. The van der Waals surface area contributed by atoms with Gasteiger partial charge in [0.05, 0.1) is 19.8 Å². The van der Waals surface area contributed by atoms with Crippen LogP contribution >= 0.6 is 0 Å². The summed E-state index contributed by atoms with van der Waals surface area (Å²) in [5.74, 6) is 1.86. The molecule has 1 atom stereocenters. The van der Waals surface area contributed by atoms with Gasteiger partial charge in [-0.25, -0.2) is 0 Å². The third kappa shape index (κ3) is 9.88. The molecular formula is C32H52O3. The summed E-state index contributed by atoms with van der Waals surface area (Å²) in [6, 6.07) is 0. The van der Waals surface area contributed by atoms with E-state index >= 15 is 0 Å². The van der Waals surface area contributed by atoms with Gasteiger partial charge in [0.25, 0.3) is 0 Å². The Hall–Kier alpha value is -2.00. The Bertz CT molecular complexity index is 900. The van der Waals surface area contributed by atoms with Crippen molar-refractivity contribution in [3.63, 3.8) is 0 Å². The molecule has 0 aliphatic carbocycles. The third-order valence-electron chi connectivity index (χ3n) is 7.44. The molecule has 1 aromatic carbocycles. The number of benzene rings is 1. The van der Waals surface area contributed by atoms with Crippen LogP contribution in [0, 0.1) is 20.8 Å². The summed E-state index contributed by atoms with van der Waals surface area (Å²) in [4.78, 5) is 0. The van der Waals surface area contributed by atoms with Crippen molar-refractivity contribution < 1.29 is 14.6 Å². The lowest BCUT2D eigenvalue weighted by atomic mass is 9.85. The van der Waals surface area contributed by atoms with E-state index in [0.717, 1.165) is 85.1 Å². The van der Waals surface area contributed by atoms with Crippen LogP contribution in [0.2, 0.25) is 0 Å². The van der Waals surface area contributed by atoms with Gasteiger partial charge in [-0.1, -0.05) is 41.9 Å². The number of aliphatic hydroxyl groups is 1. The highest BCUT2D eigenvalue weighted by Gasteiger charge is 2.26. The molecule has 1 rings (SSSR count). The molecule has 0 radical (unpaired) electrons. The number of hydrogen-bond donors (Lipinski definition) is 1. The van der Waals surface area contributed by atoms with Crippen molar-refractivity contribution in [2.75, 3.05) is 14.2 Å². The maximum absolute atomic E-state index is 11.4. The minimum atomic E-state index is -0.679. The van der Waals surface area contributed by atoms with Crippen LogP contribution in [0.1, 0.15) is 108 Å². The van der Waals surface area contributed by atoms with Gasteiger partial charge in [0.2, 0.25) is 0 Å². The molecule has 1 unspecified atom stereocenters. The fraction of sp³-hybridized carbons (Fsp3) is 0.625. The highest BCUT2D eigenvalue weighted by molar-refractivity contribution is 5.58. The lowest BCUT2D eigenvalue weighted by Gasteiger charge is -2.28. The Morgan fingerprint density at radius 1 is 0.743 bits per heavy atom. The number of allylic oxidation sites excluding steroid dienone is 6. The molecule has 0 aliphatic heterocycles. The van der Waals surface area contributed by atoms with E-state index in [0.29, 0.717) is 6.42 Å². The van der Waals surface area contributed by atoms with E-state index in [2.05, 4.69) is 73.6 Å². The molecule has 1 N–H and O–H groups in total. The van der Waals surface area contributed by atoms with E-state index in [1.165, 1.54) is 16.7 Å². The quantitative estimate of drug-likeness (QED) is 0.253. The first kappa shape index (κ1) is 31.0. The second-order valence-electron chi connectivity index (χ2n) is 10.5. The third-order valence-corrected chi connectivity index (χ3v) is 7.44. The molecule has 0 bridgehead atoms. The molecule has 0 fully saturated rings. The predicted octanol–water partition coefficient (Wildman–Crippen LogP) is 8.90. The molecule has 0 saturated carbocycles. The molecule has 0 spiro atoms. The van der Waals surface area contributed by atoms with E-state index < -0.39 is 5.60 Å². The first-order chi connectivity index (χ1) is 16.5. The first-order valence-electron chi connectivity index (χ1n) is 13.4. The predicted molar refractivity (Wildman–Crippen MR) is 152 cm³/mol. The first-order valence-corrected chi connectivity index (χ1v) is 13.4. The Morgan fingerprint density at radius 2 is 1.26 bits per heavy atom. The monoisotopic (exact) mass is 484 g/mol. The van der Waals surface area contributed by atoms with Gasteiger partial charge in [0.15, 0.2) is 0 Å². The number of hydrogen-bond acceptors (Lipinski definition) is 3. The smallest absolute Gasteiger partial charge is 0.125 e. The van der Waals surface area contributed by atoms with Crippen molar-refractivity contribution in [3.8, 4) is 11.5 Å². The number of rotatable bonds is 15. The fourth-order valence-corrected chi connectivity index (χ4v) is 4.80. The Morgan fingerprint density at radius 3 is 1.77 bits per heavy atom. The van der Waals surface area contributed by atoms with Crippen LogP contribution < -0.4 is 9.47 Å². The van der Waals surface area contributed by atoms with Gasteiger partial charge in [-0.3, -0.25) is 0 Å². The van der Waals surface area contributed by atoms with Crippen molar-refractivity contribution in [3.05, 3.63) is 57.2 Å². The standard InChI is InChI=1S/C32H52O3/c1-11-32(33,21-14-19-25(5)18-13-17-24(4)16-12-15-23(2)3)22-20-29-28(8)30(34-9)26(6)27(7)31(29)35-10/h15,17,19,33H,11-14,16,18,20-22H2,1-10H3/b24-17+,25-19+. The van der Waals surface area contributed by atoms with Gasteiger partial charge < -0.3 is 14.6 Å². The Kier molecular flexibility index (Phi) is 13.5. The molecule has 3 nitrogen and oxygen atoms in total. The summed E-state index contributed by atoms with van der Waals surface area (Å²) < 4.78 is 11.5. The molecule has 35 heavy (non-hydrogen) atoms. The summed E-state index contributed by atoms with van der Waals surface area (Å²) in [5.41, 5.74) is 8.11. The molecule has 3 heteroatoms. The average Bonchev–Trinajstić information content (AvgIpc) is 2.80. The van der Waals surface area contributed by atoms with E-state index in [9.17, 15) is 5.11 Å².